The van der Waals surface area contributed by atoms with E-state index in [4.69, 9.17) is 15.0 Å². The van der Waals surface area contributed by atoms with Gasteiger partial charge in [-0.15, -0.1) is 0 Å². The zero-order chi connectivity index (χ0) is 7.11. The fourth-order valence-corrected chi connectivity index (χ4v) is 0.227. The molecule has 0 saturated carbocycles. The molecule has 1 aromatic heterocycles. The van der Waals surface area contributed by atoms with Gasteiger partial charge in [0.2, 0.25) is 0 Å². The summed E-state index contributed by atoms with van der Waals surface area (Å²) in [5.41, 5.74) is 0. The third kappa shape index (κ3) is 15.7. The van der Waals surface area contributed by atoms with Crippen LogP contribution in [0.2, 0.25) is 0 Å². The quantitative estimate of drug-likeness (QED) is 0.566. The van der Waals surface area contributed by atoms with E-state index < -0.39 is 6.16 Å². The smallest absolute Gasteiger partial charge is 0.0902 e. The third-order valence-corrected chi connectivity index (χ3v) is 0.425. The van der Waals surface area contributed by atoms with Gasteiger partial charge in [-0.2, -0.15) is 0 Å². The minimum absolute atomic E-state index is 0. The second kappa shape index (κ2) is 9.19. The molecule has 0 bridgehead atoms. The molecule has 2 N–H and O–H groups in total. The van der Waals surface area contributed by atoms with Crippen molar-refractivity contribution in [3.05, 3.63) is 24.7 Å². The number of hydrogen-bond donors (Lipinski definition) is 2. The van der Waals surface area contributed by atoms with E-state index in [2.05, 4.69) is 4.42 Å². The number of rotatable bonds is 0. The van der Waals surface area contributed by atoms with Crippen LogP contribution in [0.25, 0.3) is 0 Å². The fraction of sp³-hybridized carbons (Fsp3) is 0. The summed E-state index contributed by atoms with van der Waals surface area (Å²) < 4.78 is 4.58. The minimum Gasteiger partial charge on any atom is -0.473 e. The van der Waals surface area contributed by atoms with Crippen molar-refractivity contribution in [2.45, 2.75) is 0 Å². The molecule has 1 rings (SSSR count). The molecule has 1 heterocycles. The number of carbonyl (C=O) groups is 1. The molecule has 0 unspecified atom stereocenters. The Morgan fingerprint density at radius 3 is 1.60 bits per heavy atom. The van der Waals surface area contributed by atoms with Crippen LogP contribution in [0, 0.1) is 0 Å². The molecule has 0 saturated heterocycles. The first kappa shape index (κ1) is 12.8. The number of hydrogen-bond acceptors (Lipinski definition) is 2. The molecule has 52 valence electrons. The first-order chi connectivity index (χ1) is 4.23. The van der Waals surface area contributed by atoms with Crippen molar-refractivity contribution >= 4 is 57.5 Å². The predicted molar refractivity (Wildman–Crippen MR) is 36.5 cm³/mol. The van der Waals surface area contributed by atoms with Gasteiger partial charge in [0, 0.05) is 0 Å². The van der Waals surface area contributed by atoms with Crippen molar-refractivity contribution in [1.82, 2.24) is 0 Å². The molecule has 10 heavy (non-hydrogen) atoms. The van der Waals surface area contributed by atoms with Crippen LogP contribution in [0.15, 0.2) is 29.1 Å². The van der Waals surface area contributed by atoms with Crippen LogP contribution in [0.5, 0.6) is 0 Å². The van der Waals surface area contributed by atoms with Crippen LogP contribution in [-0.2, 0) is 0 Å². The fourth-order valence-electron chi connectivity index (χ4n) is 0.227. The summed E-state index contributed by atoms with van der Waals surface area (Å²) in [4.78, 5) is 8.56. The molecule has 0 amide bonds. The summed E-state index contributed by atoms with van der Waals surface area (Å²) in [5.74, 6) is 0. The molecule has 0 atom stereocenters. The van der Waals surface area contributed by atoms with Crippen LogP contribution in [0.1, 0.15) is 0 Å². The van der Waals surface area contributed by atoms with Crippen molar-refractivity contribution in [2.24, 2.45) is 0 Å². The van der Waals surface area contributed by atoms with E-state index in [-0.39, 0.29) is 51.4 Å². The standard InChI is InChI=1S/C4H4O.CH2O3.K.H/c1-2-4-5-3-1;2-1(3)4;;/h1-4H;(H2,2,3,4);;. The molecule has 4 nitrogen and oxygen atoms in total. The van der Waals surface area contributed by atoms with Crippen LogP contribution < -0.4 is 0 Å². The molecule has 5 heteroatoms. The Labute approximate surface area is 100 Å². The average molecular weight is 170 g/mol. The zero-order valence-corrected chi connectivity index (χ0v) is 4.52. The van der Waals surface area contributed by atoms with E-state index in [1.807, 2.05) is 12.1 Å². The summed E-state index contributed by atoms with van der Waals surface area (Å²) in [6, 6.07) is 3.67. The Hall–Kier alpha value is 0.186. The molecule has 0 aliphatic carbocycles. The van der Waals surface area contributed by atoms with Crippen LogP contribution in [0.4, 0.5) is 4.79 Å². The van der Waals surface area contributed by atoms with Gasteiger partial charge in [-0.25, -0.2) is 4.79 Å². The molecule has 1 aromatic rings. The Balaban J connectivity index is 0. The number of carboxylic acid groups (broad SMARTS) is 2. The third-order valence-electron chi connectivity index (χ3n) is 0.425. The first-order valence-corrected chi connectivity index (χ1v) is 2.12. The maximum atomic E-state index is 8.56. The van der Waals surface area contributed by atoms with E-state index in [9.17, 15) is 0 Å². The normalized spacial score (nSPS) is 6.40. The van der Waals surface area contributed by atoms with Crippen molar-refractivity contribution in [2.75, 3.05) is 0 Å². The van der Waals surface area contributed by atoms with Gasteiger partial charge in [-0.3, -0.25) is 0 Å². The van der Waals surface area contributed by atoms with E-state index in [1.165, 1.54) is 0 Å². The Morgan fingerprint density at radius 1 is 1.20 bits per heavy atom. The maximum Gasteiger partial charge on any atom is 0.0902 e. The maximum absolute atomic E-state index is 8.56. The van der Waals surface area contributed by atoms with Gasteiger partial charge in [-0.1, -0.05) is 0 Å². The monoisotopic (exact) mass is 170 g/mol. The average Bonchev–Trinajstić information content (AvgIpc) is 2.11. The van der Waals surface area contributed by atoms with Gasteiger partial charge < -0.3 is 14.6 Å². The Bertz CT molecular complexity index is 127. The Kier molecular flexibility index (Phi) is 11.8. The zero-order valence-electron chi connectivity index (χ0n) is 4.52. The topological polar surface area (TPSA) is 70.7 Å². The van der Waals surface area contributed by atoms with Gasteiger partial charge in [0.25, 0.3) is 0 Å². The van der Waals surface area contributed by atoms with Gasteiger partial charge in [0.15, 0.2) is 0 Å². The summed E-state index contributed by atoms with van der Waals surface area (Å²) in [7, 11) is 0. The van der Waals surface area contributed by atoms with Crippen LogP contribution >= 0.6 is 0 Å². The van der Waals surface area contributed by atoms with E-state index >= 15 is 0 Å². The minimum atomic E-state index is -1.83. The summed E-state index contributed by atoms with van der Waals surface area (Å²) in [5, 5.41) is 13.9. The van der Waals surface area contributed by atoms with Crippen molar-refractivity contribution < 1.29 is 19.4 Å². The molecular weight excluding hydrogens is 163 g/mol. The van der Waals surface area contributed by atoms with Crippen LogP contribution in [-0.4, -0.2) is 67.8 Å². The molecule has 0 radical (unpaired) electrons. The van der Waals surface area contributed by atoms with Crippen molar-refractivity contribution in [3.63, 3.8) is 0 Å². The summed E-state index contributed by atoms with van der Waals surface area (Å²) in [6.45, 7) is 0. The Morgan fingerprint density at radius 2 is 1.50 bits per heavy atom. The predicted octanol–water partition coefficient (Wildman–Crippen LogP) is 0.853. The molecule has 0 aliphatic rings. The van der Waals surface area contributed by atoms with Gasteiger partial charge >= 0.3 is 57.5 Å². The second-order valence-corrected chi connectivity index (χ2v) is 1.08. The van der Waals surface area contributed by atoms with Crippen molar-refractivity contribution in [3.8, 4) is 0 Å². The first-order valence-electron chi connectivity index (χ1n) is 2.12. The van der Waals surface area contributed by atoms with E-state index in [0.29, 0.717) is 0 Å². The largest absolute Gasteiger partial charge is 0.473 e. The molecule has 0 aromatic carbocycles. The second-order valence-electron chi connectivity index (χ2n) is 1.08. The summed E-state index contributed by atoms with van der Waals surface area (Å²) in [6.07, 6.45) is 1.42. The molecule has 0 fully saturated rings. The van der Waals surface area contributed by atoms with Crippen molar-refractivity contribution in [1.29, 1.82) is 0 Å². The molecule has 0 aliphatic heterocycles. The van der Waals surface area contributed by atoms with Gasteiger partial charge in [0.1, 0.15) is 0 Å². The van der Waals surface area contributed by atoms with Crippen LogP contribution in [0.3, 0.4) is 0 Å². The molecular formula is C5H7KO4. The van der Waals surface area contributed by atoms with Gasteiger partial charge in [-0.05, 0) is 12.1 Å². The van der Waals surface area contributed by atoms with E-state index in [1.54, 1.807) is 12.5 Å². The molecule has 0 spiro atoms. The van der Waals surface area contributed by atoms with E-state index in [0.717, 1.165) is 0 Å². The summed E-state index contributed by atoms with van der Waals surface area (Å²) >= 11 is 0. The van der Waals surface area contributed by atoms with Gasteiger partial charge in [0.05, 0.1) is 12.5 Å². The number of furan rings is 1. The SMILES string of the molecule is O=C(O)O.[KH].c1ccoc1.